The second kappa shape index (κ2) is 5.21. The van der Waals surface area contributed by atoms with Crippen LogP contribution in [0.15, 0.2) is 46.0 Å². The smallest absolute Gasteiger partial charge is 0.243 e. The summed E-state index contributed by atoms with van der Waals surface area (Å²) >= 11 is 3.26. The molecule has 0 aliphatic heterocycles. The second-order valence-electron chi connectivity index (χ2n) is 3.75. The highest BCUT2D eigenvalue weighted by molar-refractivity contribution is 9.10. The van der Waals surface area contributed by atoms with Gasteiger partial charge in [-0.1, -0.05) is 22.0 Å². The summed E-state index contributed by atoms with van der Waals surface area (Å²) in [6.07, 6.45) is 3.25. The number of aromatic amines is 1. The molecule has 2 aromatic rings. The van der Waals surface area contributed by atoms with Gasteiger partial charge in [0, 0.05) is 23.9 Å². The van der Waals surface area contributed by atoms with Crippen molar-refractivity contribution in [2.45, 2.75) is 11.4 Å². The number of benzene rings is 1. The van der Waals surface area contributed by atoms with Crippen LogP contribution in [0.3, 0.4) is 0 Å². The average Bonchev–Trinajstić information content (AvgIpc) is 2.81. The first kappa shape index (κ1) is 13.3. The number of rotatable bonds is 4. The lowest BCUT2D eigenvalue weighted by Crippen LogP contribution is -2.27. The van der Waals surface area contributed by atoms with Crippen LogP contribution >= 0.6 is 15.9 Å². The minimum absolute atomic E-state index is 0.210. The van der Waals surface area contributed by atoms with Gasteiger partial charge >= 0.3 is 0 Å². The van der Waals surface area contributed by atoms with E-state index in [1.165, 1.54) is 11.4 Å². The summed E-state index contributed by atoms with van der Waals surface area (Å²) in [6.45, 7) is 0.210. The van der Waals surface area contributed by atoms with Gasteiger partial charge in [0.2, 0.25) is 10.0 Å². The van der Waals surface area contributed by atoms with Gasteiger partial charge in [0.1, 0.15) is 5.82 Å². The van der Waals surface area contributed by atoms with Gasteiger partial charge in [-0.15, -0.1) is 0 Å². The summed E-state index contributed by atoms with van der Waals surface area (Å²) in [5, 5.41) is 0. The predicted octanol–water partition coefficient (Wildman–Crippen LogP) is 1.99. The van der Waals surface area contributed by atoms with E-state index in [9.17, 15) is 8.42 Å². The number of nitrogens with zero attached hydrogens (tertiary/aromatic N) is 2. The summed E-state index contributed by atoms with van der Waals surface area (Å²) in [7, 11) is -1.97. The van der Waals surface area contributed by atoms with Crippen molar-refractivity contribution in [1.82, 2.24) is 14.3 Å². The van der Waals surface area contributed by atoms with E-state index in [0.717, 1.165) is 4.47 Å². The predicted molar refractivity (Wildman–Crippen MR) is 71.4 cm³/mol. The van der Waals surface area contributed by atoms with Crippen LogP contribution in [-0.4, -0.2) is 29.7 Å². The van der Waals surface area contributed by atoms with Gasteiger partial charge in [-0.2, -0.15) is 4.31 Å². The zero-order chi connectivity index (χ0) is 13.2. The van der Waals surface area contributed by atoms with Crippen molar-refractivity contribution in [3.63, 3.8) is 0 Å². The first-order valence-electron chi connectivity index (χ1n) is 5.20. The van der Waals surface area contributed by atoms with E-state index >= 15 is 0 Å². The summed E-state index contributed by atoms with van der Waals surface area (Å²) in [5.41, 5.74) is 0. The second-order valence-corrected chi connectivity index (χ2v) is 6.71. The Bertz CT molecular complexity index is 625. The van der Waals surface area contributed by atoms with Crippen LogP contribution in [0.25, 0.3) is 0 Å². The fraction of sp³-hybridized carbons (Fsp3) is 0.182. The highest BCUT2D eigenvalue weighted by Gasteiger charge is 2.21. The van der Waals surface area contributed by atoms with Crippen LogP contribution in [-0.2, 0) is 16.6 Å². The largest absolute Gasteiger partial charge is 0.347 e. The molecule has 0 atom stereocenters. The van der Waals surface area contributed by atoms with Crippen molar-refractivity contribution in [3.05, 3.63) is 47.0 Å². The molecule has 0 bridgehead atoms. The van der Waals surface area contributed by atoms with Crippen LogP contribution in [0, 0.1) is 0 Å². The molecule has 5 nitrogen and oxygen atoms in total. The summed E-state index contributed by atoms with van der Waals surface area (Å²) in [5.74, 6) is 0.607. The molecule has 0 saturated carbocycles. The molecule has 0 fully saturated rings. The zero-order valence-corrected chi connectivity index (χ0v) is 12.1. The van der Waals surface area contributed by atoms with E-state index in [-0.39, 0.29) is 11.4 Å². The van der Waals surface area contributed by atoms with E-state index in [2.05, 4.69) is 25.9 Å². The maximum absolute atomic E-state index is 12.3. The first-order chi connectivity index (χ1) is 8.50. The molecule has 1 aromatic carbocycles. The highest BCUT2D eigenvalue weighted by Crippen LogP contribution is 2.19. The van der Waals surface area contributed by atoms with Crippen molar-refractivity contribution in [1.29, 1.82) is 0 Å². The Hall–Kier alpha value is -1.18. The number of hydrogen-bond donors (Lipinski definition) is 1. The van der Waals surface area contributed by atoms with Crippen LogP contribution in [0.1, 0.15) is 5.82 Å². The molecule has 0 amide bonds. The molecule has 0 radical (unpaired) electrons. The maximum Gasteiger partial charge on any atom is 0.243 e. The SMILES string of the molecule is CN(Cc1ncc[nH]1)S(=O)(=O)c1cccc(Br)c1. The Balaban J connectivity index is 2.25. The molecule has 18 heavy (non-hydrogen) atoms. The number of imidazole rings is 1. The van der Waals surface area contributed by atoms with Crippen molar-refractivity contribution in [2.24, 2.45) is 0 Å². The molecular weight excluding hydrogens is 318 g/mol. The Labute approximate surface area is 114 Å². The quantitative estimate of drug-likeness (QED) is 0.932. The third kappa shape index (κ3) is 2.80. The molecule has 0 aliphatic rings. The number of sulfonamides is 1. The lowest BCUT2D eigenvalue weighted by molar-refractivity contribution is 0.458. The van der Waals surface area contributed by atoms with E-state index in [1.807, 2.05) is 0 Å². The molecule has 96 valence electrons. The Morgan fingerprint density at radius 1 is 1.44 bits per heavy atom. The van der Waals surface area contributed by atoms with Crippen LogP contribution < -0.4 is 0 Å². The molecule has 0 aliphatic carbocycles. The summed E-state index contributed by atoms with van der Waals surface area (Å²) < 4.78 is 26.5. The number of hydrogen-bond acceptors (Lipinski definition) is 3. The van der Waals surface area contributed by atoms with E-state index < -0.39 is 10.0 Å². The molecule has 1 N–H and O–H groups in total. The van der Waals surface area contributed by atoms with Gasteiger partial charge in [-0.25, -0.2) is 13.4 Å². The Kier molecular flexibility index (Phi) is 3.84. The van der Waals surface area contributed by atoms with Gasteiger partial charge in [0.15, 0.2) is 0 Å². The topological polar surface area (TPSA) is 66.1 Å². The van der Waals surface area contributed by atoms with Gasteiger partial charge in [-0.05, 0) is 18.2 Å². The van der Waals surface area contributed by atoms with Gasteiger partial charge in [-0.3, -0.25) is 0 Å². The van der Waals surface area contributed by atoms with Gasteiger partial charge < -0.3 is 4.98 Å². The van der Waals surface area contributed by atoms with E-state index in [0.29, 0.717) is 5.82 Å². The van der Waals surface area contributed by atoms with Crippen LogP contribution in [0.4, 0.5) is 0 Å². The van der Waals surface area contributed by atoms with Gasteiger partial charge in [0.05, 0.1) is 11.4 Å². The zero-order valence-electron chi connectivity index (χ0n) is 9.67. The number of H-pyrrole nitrogens is 1. The summed E-state index contributed by atoms with van der Waals surface area (Å²) in [6, 6.07) is 6.62. The lowest BCUT2D eigenvalue weighted by Gasteiger charge is -2.16. The molecule has 1 heterocycles. The Morgan fingerprint density at radius 2 is 2.22 bits per heavy atom. The van der Waals surface area contributed by atoms with E-state index in [1.54, 1.807) is 36.7 Å². The van der Waals surface area contributed by atoms with Gasteiger partial charge in [0.25, 0.3) is 0 Å². The van der Waals surface area contributed by atoms with Crippen LogP contribution in [0.5, 0.6) is 0 Å². The number of aromatic nitrogens is 2. The normalized spacial score (nSPS) is 11.9. The fourth-order valence-electron chi connectivity index (χ4n) is 1.49. The minimum atomic E-state index is -3.49. The first-order valence-corrected chi connectivity index (χ1v) is 7.43. The molecule has 0 unspecified atom stereocenters. The number of halogens is 1. The molecule has 7 heteroatoms. The molecule has 0 spiro atoms. The molecule has 2 rings (SSSR count). The van der Waals surface area contributed by atoms with Crippen molar-refractivity contribution in [2.75, 3.05) is 7.05 Å². The third-order valence-electron chi connectivity index (χ3n) is 2.43. The minimum Gasteiger partial charge on any atom is -0.347 e. The number of nitrogens with one attached hydrogen (secondary N) is 1. The molecule has 1 aromatic heterocycles. The maximum atomic E-state index is 12.3. The monoisotopic (exact) mass is 329 g/mol. The average molecular weight is 330 g/mol. The van der Waals surface area contributed by atoms with Crippen molar-refractivity contribution in [3.8, 4) is 0 Å². The molecule has 0 saturated heterocycles. The Morgan fingerprint density at radius 3 is 2.83 bits per heavy atom. The molecular formula is C11H12BrN3O2S. The standard InChI is InChI=1S/C11H12BrN3O2S/c1-15(8-11-13-5-6-14-11)18(16,17)10-4-2-3-9(12)7-10/h2-7H,8H2,1H3,(H,13,14). The lowest BCUT2D eigenvalue weighted by atomic mass is 10.4. The van der Waals surface area contributed by atoms with Crippen molar-refractivity contribution >= 4 is 26.0 Å². The van der Waals surface area contributed by atoms with E-state index in [4.69, 9.17) is 0 Å². The van der Waals surface area contributed by atoms with Crippen LogP contribution in [0.2, 0.25) is 0 Å². The highest BCUT2D eigenvalue weighted by atomic mass is 79.9. The van der Waals surface area contributed by atoms with Crippen molar-refractivity contribution < 1.29 is 8.42 Å². The summed E-state index contributed by atoms with van der Waals surface area (Å²) in [4.78, 5) is 7.14. The third-order valence-corrected chi connectivity index (χ3v) is 4.72. The fourth-order valence-corrected chi connectivity index (χ4v) is 3.22.